The second-order valence-electron chi connectivity index (χ2n) is 4.90. The number of nitrogens with one attached hydrogen (secondary N) is 3. The molecule has 9 heteroatoms. The number of fused-ring (bicyclic) bond motifs is 1. The summed E-state index contributed by atoms with van der Waals surface area (Å²) >= 11 is 0. The van der Waals surface area contributed by atoms with Crippen molar-refractivity contribution in [2.75, 3.05) is 17.2 Å². The van der Waals surface area contributed by atoms with Crippen LogP contribution in [0.15, 0.2) is 36.7 Å². The van der Waals surface area contributed by atoms with Crippen molar-refractivity contribution in [3.8, 4) is 0 Å². The molecule has 0 atom stereocenters. The van der Waals surface area contributed by atoms with Gasteiger partial charge in [0.1, 0.15) is 6.54 Å². The smallest absolute Gasteiger partial charge is 0.412 e. The highest BCUT2D eigenvalue weighted by Gasteiger charge is 2.10. The molecule has 0 fully saturated rings. The van der Waals surface area contributed by atoms with E-state index in [0.29, 0.717) is 5.69 Å². The van der Waals surface area contributed by atoms with Crippen LogP contribution in [0.3, 0.4) is 0 Å². The molecule has 0 aliphatic carbocycles. The monoisotopic (exact) mass is 328 g/mol. The SMILES string of the molecule is CCOC(=O)Nc1cnn(CC(=O)Nc2cccc3cc[nH]c23)n1. The van der Waals surface area contributed by atoms with Crippen molar-refractivity contribution >= 4 is 34.4 Å². The predicted molar refractivity (Wildman–Crippen MR) is 87.6 cm³/mol. The first kappa shape index (κ1) is 15.5. The van der Waals surface area contributed by atoms with Crippen LogP contribution < -0.4 is 10.6 Å². The van der Waals surface area contributed by atoms with Crippen LogP contribution in [0.2, 0.25) is 0 Å². The second-order valence-corrected chi connectivity index (χ2v) is 4.90. The minimum Gasteiger partial charge on any atom is -0.450 e. The first-order chi connectivity index (χ1) is 11.7. The minimum absolute atomic E-state index is 0.0817. The number of hydrogen-bond donors (Lipinski definition) is 3. The zero-order chi connectivity index (χ0) is 16.9. The maximum absolute atomic E-state index is 12.1. The number of carbonyl (C=O) groups excluding carboxylic acids is 2. The minimum atomic E-state index is -0.618. The number of H-pyrrole nitrogens is 1. The lowest BCUT2D eigenvalue weighted by Crippen LogP contribution is -2.21. The van der Waals surface area contributed by atoms with E-state index in [1.807, 2.05) is 24.4 Å². The molecular weight excluding hydrogens is 312 g/mol. The van der Waals surface area contributed by atoms with Gasteiger partial charge in [0, 0.05) is 11.6 Å². The number of hydrogen-bond acceptors (Lipinski definition) is 5. The summed E-state index contributed by atoms with van der Waals surface area (Å²) in [6.45, 7) is 1.87. The summed E-state index contributed by atoms with van der Waals surface area (Å²) < 4.78 is 4.74. The van der Waals surface area contributed by atoms with E-state index in [1.165, 1.54) is 11.0 Å². The van der Waals surface area contributed by atoms with E-state index >= 15 is 0 Å². The summed E-state index contributed by atoms with van der Waals surface area (Å²) in [5.41, 5.74) is 1.53. The highest BCUT2D eigenvalue weighted by Crippen LogP contribution is 2.21. The number of benzene rings is 1. The lowest BCUT2D eigenvalue weighted by molar-refractivity contribution is -0.117. The van der Waals surface area contributed by atoms with Gasteiger partial charge in [0.15, 0.2) is 5.82 Å². The molecule has 0 aliphatic rings. The maximum atomic E-state index is 12.1. The number of amides is 2. The van der Waals surface area contributed by atoms with E-state index in [1.54, 1.807) is 13.0 Å². The molecular formula is C15H16N6O3. The van der Waals surface area contributed by atoms with Crippen molar-refractivity contribution in [1.82, 2.24) is 20.0 Å². The number of carbonyl (C=O) groups is 2. The summed E-state index contributed by atoms with van der Waals surface area (Å²) in [5, 5.41) is 14.1. The Morgan fingerprint density at radius 3 is 3.00 bits per heavy atom. The van der Waals surface area contributed by atoms with Gasteiger partial charge in [-0.25, -0.2) is 4.79 Å². The van der Waals surface area contributed by atoms with Crippen LogP contribution in [0.1, 0.15) is 6.92 Å². The Kier molecular flexibility index (Phi) is 4.41. The molecule has 2 aromatic heterocycles. The van der Waals surface area contributed by atoms with Crippen molar-refractivity contribution in [2.24, 2.45) is 0 Å². The van der Waals surface area contributed by atoms with Gasteiger partial charge in [-0.1, -0.05) is 12.1 Å². The molecule has 0 radical (unpaired) electrons. The van der Waals surface area contributed by atoms with Crippen molar-refractivity contribution in [3.63, 3.8) is 0 Å². The van der Waals surface area contributed by atoms with E-state index in [9.17, 15) is 9.59 Å². The zero-order valence-electron chi connectivity index (χ0n) is 12.9. The number of aromatic amines is 1. The first-order valence-electron chi connectivity index (χ1n) is 7.35. The quantitative estimate of drug-likeness (QED) is 0.662. The van der Waals surface area contributed by atoms with Gasteiger partial charge in [-0.2, -0.15) is 9.90 Å². The van der Waals surface area contributed by atoms with Crippen LogP contribution in [0.5, 0.6) is 0 Å². The molecule has 0 aliphatic heterocycles. The third-order valence-electron chi connectivity index (χ3n) is 3.19. The van der Waals surface area contributed by atoms with Crippen molar-refractivity contribution in [1.29, 1.82) is 0 Å². The number of nitrogens with zero attached hydrogens (tertiary/aromatic N) is 3. The van der Waals surface area contributed by atoms with Gasteiger partial charge in [0.2, 0.25) is 5.91 Å². The molecule has 0 spiro atoms. The fraction of sp³-hybridized carbons (Fsp3) is 0.200. The Morgan fingerprint density at radius 2 is 2.17 bits per heavy atom. The summed E-state index contributed by atoms with van der Waals surface area (Å²) in [6.07, 6.45) is 2.53. The van der Waals surface area contributed by atoms with E-state index < -0.39 is 6.09 Å². The Bertz CT molecular complexity index is 869. The average Bonchev–Trinajstić information content (AvgIpc) is 3.17. The first-order valence-corrected chi connectivity index (χ1v) is 7.35. The molecule has 3 N–H and O–H groups in total. The predicted octanol–water partition coefficient (Wildman–Crippen LogP) is 1.97. The Morgan fingerprint density at radius 1 is 1.29 bits per heavy atom. The fourth-order valence-electron chi connectivity index (χ4n) is 2.21. The van der Waals surface area contributed by atoms with Gasteiger partial charge in [-0.3, -0.25) is 10.1 Å². The second kappa shape index (κ2) is 6.82. The number of aromatic nitrogens is 4. The van der Waals surface area contributed by atoms with E-state index in [2.05, 4.69) is 25.8 Å². The van der Waals surface area contributed by atoms with E-state index in [-0.39, 0.29) is 24.9 Å². The Hall–Kier alpha value is -3.36. The summed E-state index contributed by atoms with van der Waals surface area (Å²) in [5.74, 6) is -0.0666. The van der Waals surface area contributed by atoms with Gasteiger partial charge in [0.25, 0.3) is 0 Å². The van der Waals surface area contributed by atoms with Crippen LogP contribution in [0, 0.1) is 0 Å². The van der Waals surface area contributed by atoms with Crippen LogP contribution in [0.4, 0.5) is 16.3 Å². The molecule has 0 saturated carbocycles. The lowest BCUT2D eigenvalue weighted by atomic mass is 10.2. The largest absolute Gasteiger partial charge is 0.450 e. The molecule has 3 rings (SSSR count). The van der Waals surface area contributed by atoms with Gasteiger partial charge in [-0.15, -0.1) is 5.10 Å². The van der Waals surface area contributed by atoms with Crippen LogP contribution in [-0.4, -0.2) is 38.6 Å². The van der Waals surface area contributed by atoms with Crippen molar-refractivity contribution in [2.45, 2.75) is 13.5 Å². The molecule has 24 heavy (non-hydrogen) atoms. The highest BCUT2D eigenvalue weighted by atomic mass is 16.5. The van der Waals surface area contributed by atoms with Crippen molar-refractivity contribution < 1.29 is 14.3 Å². The Balaban J connectivity index is 1.62. The lowest BCUT2D eigenvalue weighted by Gasteiger charge is -2.06. The summed E-state index contributed by atoms with van der Waals surface area (Å²) in [7, 11) is 0. The standard InChI is InChI=1S/C15H16N6O3/c1-2-24-15(23)19-12-8-17-21(20-12)9-13(22)18-11-5-3-4-10-6-7-16-14(10)11/h3-8,16H,2,9H2,1H3,(H,18,22)(H,19,20,23). The number of rotatable bonds is 5. The topological polar surface area (TPSA) is 114 Å². The van der Waals surface area contributed by atoms with Crippen LogP contribution in [-0.2, 0) is 16.1 Å². The maximum Gasteiger partial charge on any atom is 0.412 e. The molecule has 2 amide bonds. The van der Waals surface area contributed by atoms with Gasteiger partial charge in [-0.05, 0) is 19.1 Å². The van der Waals surface area contributed by atoms with E-state index in [0.717, 1.165) is 10.9 Å². The molecule has 124 valence electrons. The summed E-state index contributed by atoms with van der Waals surface area (Å²) in [4.78, 5) is 27.7. The molecule has 0 saturated heterocycles. The molecule has 2 heterocycles. The summed E-state index contributed by atoms with van der Waals surface area (Å²) in [6, 6.07) is 7.54. The average molecular weight is 328 g/mol. The normalized spacial score (nSPS) is 10.5. The molecule has 3 aromatic rings. The molecule has 0 bridgehead atoms. The zero-order valence-corrected chi connectivity index (χ0v) is 12.9. The highest BCUT2D eigenvalue weighted by molar-refractivity contribution is 6.00. The number of para-hydroxylation sites is 1. The third-order valence-corrected chi connectivity index (χ3v) is 3.19. The number of anilines is 2. The Labute approximate surface area is 137 Å². The third kappa shape index (κ3) is 3.51. The van der Waals surface area contributed by atoms with Gasteiger partial charge in [0.05, 0.1) is 24.0 Å². The molecule has 0 unspecified atom stereocenters. The number of ether oxygens (including phenoxy) is 1. The van der Waals surface area contributed by atoms with Crippen LogP contribution >= 0.6 is 0 Å². The van der Waals surface area contributed by atoms with E-state index in [4.69, 9.17) is 4.74 Å². The van der Waals surface area contributed by atoms with Gasteiger partial charge >= 0.3 is 6.09 Å². The fourth-order valence-corrected chi connectivity index (χ4v) is 2.21. The molecule has 1 aromatic carbocycles. The van der Waals surface area contributed by atoms with Crippen LogP contribution in [0.25, 0.3) is 10.9 Å². The van der Waals surface area contributed by atoms with Gasteiger partial charge < -0.3 is 15.0 Å². The molecule has 9 nitrogen and oxygen atoms in total. The van der Waals surface area contributed by atoms with Crippen molar-refractivity contribution in [3.05, 3.63) is 36.7 Å².